The van der Waals surface area contributed by atoms with E-state index < -0.39 is 7.60 Å². The van der Waals surface area contributed by atoms with Gasteiger partial charge >= 0.3 is 7.60 Å². The van der Waals surface area contributed by atoms with Crippen LogP contribution < -0.4 is 0 Å². The smallest absolute Gasteiger partial charge is 0.320 e. The van der Waals surface area contributed by atoms with E-state index in [-0.39, 0.29) is 5.78 Å². The maximum Gasteiger partial charge on any atom is 0.385 e. The summed E-state index contributed by atoms with van der Waals surface area (Å²) in [5.74, 6) is -0.333. The van der Waals surface area contributed by atoms with E-state index in [0.717, 1.165) is 19.3 Å². The predicted octanol–water partition coefficient (Wildman–Crippen LogP) is 7.67. The van der Waals surface area contributed by atoms with Crippen molar-refractivity contribution in [3.05, 3.63) is 12.2 Å². The van der Waals surface area contributed by atoms with E-state index in [4.69, 9.17) is 4.52 Å². The molecular weight excluding hydrogens is 381 g/mol. The van der Waals surface area contributed by atoms with Crippen molar-refractivity contribution < 1.29 is 18.5 Å². The lowest BCUT2D eigenvalue weighted by atomic mass is 10.1. The highest BCUT2D eigenvalue weighted by Crippen LogP contribution is 2.51. The van der Waals surface area contributed by atoms with Crippen LogP contribution in [0.4, 0.5) is 0 Å². The Balaban J connectivity index is 3.60. The first-order valence-corrected chi connectivity index (χ1v) is 13.8. The van der Waals surface area contributed by atoms with Crippen LogP contribution >= 0.6 is 7.60 Å². The topological polar surface area (TPSA) is 46.5 Å². The number of unbranched alkanes of at least 4 members (excludes halogenated alkanes) is 11. The molecule has 0 rings (SSSR count). The molecule has 0 saturated carbocycles. The Bertz CT molecular complexity index is 446. The third kappa shape index (κ3) is 16.2. The van der Waals surface area contributed by atoms with Crippen molar-refractivity contribution in [1.82, 2.24) is 0 Å². The highest BCUT2D eigenvalue weighted by Gasteiger charge is 2.41. The molecule has 0 saturated heterocycles. The van der Waals surface area contributed by atoms with Gasteiger partial charge in [0, 0.05) is 6.42 Å². The summed E-state index contributed by atoms with van der Waals surface area (Å²) in [7, 11) is 2.35. The number of quaternary nitrogens is 1. The Morgan fingerprint density at radius 3 is 1.76 bits per heavy atom. The van der Waals surface area contributed by atoms with Gasteiger partial charge in [-0.15, -0.1) is 0 Å². The van der Waals surface area contributed by atoms with E-state index in [0.29, 0.717) is 17.5 Å². The van der Waals surface area contributed by atoms with Gasteiger partial charge in [-0.1, -0.05) is 83.8 Å². The summed E-state index contributed by atoms with van der Waals surface area (Å²) in [4.78, 5) is 10.4. The molecule has 29 heavy (non-hydrogen) atoms. The zero-order valence-corrected chi connectivity index (χ0v) is 21.1. The van der Waals surface area contributed by atoms with E-state index in [1.165, 1.54) is 70.6 Å². The molecule has 0 fully saturated rings. The van der Waals surface area contributed by atoms with Crippen LogP contribution in [0.1, 0.15) is 110 Å². The van der Waals surface area contributed by atoms with Gasteiger partial charge in [0.15, 0.2) is 5.78 Å². The Labute approximate surface area is 182 Å². The van der Waals surface area contributed by atoms with Crippen LogP contribution in [0.25, 0.3) is 0 Å². The normalized spacial score (nSPS) is 15.7. The van der Waals surface area contributed by atoms with Crippen molar-refractivity contribution in [1.29, 1.82) is 0 Å². The van der Waals surface area contributed by atoms with Crippen molar-refractivity contribution in [2.75, 3.05) is 27.7 Å². The van der Waals surface area contributed by atoms with Gasteiger partial charge in [0.2, 0.25) is 0 Å². The van der Waals surface area contributed by atoms with Gasteiger partial charge in [0.05, 0.1) is 27.7 Å². The summed E-state index contributed by atoms with van der Waals surface area (Å²) in [5.41, 5.74) is 0. The first kappa shape index (κ1) is 28.9. The molecule has 0 aliphatic rings. The Morgan fingerprint density at radius 2 is 1.28 bits per heavy atom. The molecule has 0 amide bonds. The van der Waals surface area contributed by atoms with E-state index in [2.05, 4.69) is 26.0 Å². The number of hydrogen-bond acceptors (Lipinski definition) is 2. The van der Waals surface area contributed by atoms with E-state index in [9.17, 15) is 9.46 Å². The van der Waals surface area contributed by atoms with E-state index in [1.54, 1.807) is 0 Å². The number of allylic oxidation sites excluding steroid dienone is 2. The molecule has 0 aromatic carbocycles. The third-order valence-electron chi connectivity index (χ3n) is 5.48. The summed E-state index contributed by atoms with van der Waals surface area (Å²) < 4.78 is 18.6. The molecule has 1 N–H and O–H groups in total. The second kappa shape index (κ2) is 17.5. The molecule has 0 aromatic heterocycles. The first-order chi connectivity index (χ1) is 13.8. The second-order valence-electron chi connectivity index (χ2n) is 9.37. The van der Waals surface area contributed by atoms with Crippen molar-refractivity contribution in [2.24, 2.45) is 0 Å². The summed E-state index contributed by atoms with van der Waals surface area (Å²) in [6.45, 7) is 4.68. The van der Waals surface area contributed by atoms with Crippen molar-refractivity contribution in [3.63, 3.8) is 0 Å². The van der Waals surface area contributed by atoms with Gasteiger partial charge in [-0.3, -0.25) is 4.57 Å². The number of hydrogen-bond donors (Lipinski definition) is 1. The minimum atomic E-state index is -3.56. The maximum absolute atomic E-state index is 12.6. The minimum absolute atomic E-state index is 0.333. The van der Waals surface area contributed by atoms with Crippen LogP contribution in [-0.2, 0) is 9.09 Å². The maximum atomic E-state index is 12.6. The summed E-state index contributed by atoms with van der Waals surface area (Å²) >= 11 is 0. The van der Waals surface area contributed by atoms with Gasteiger partial charge < -0.3 is 13.9 Å². The molecule has 0 aliphatic carbocycles. The molecule has 0 aromatic rings. The SMILES string of the molecule is CCCC=CCCCCCCCCCCCCOP(=O)(O)C(CCC)[N+](C)(C)C. The van der Waals surface area contributed by atoms with Gasteiger partial charge in [0.1, 0.15) is 0 Å². The molecule has 2 unspecified atom stereocenters. The fourth-order valence-corrected chi connectivity index (χ4v) is 5.73. The molecule has 4 nitrogen and oxygen atoms in total. The lowest BCUT2D eigenvalue weighted by Gasteiger charge is -2.35. The van der Waals surface area contributed by atoms with Crippen molar-refractivity contribution in [3.8, 4) is 0 Å². The van der Waals surface area contributed by atoms with Gasteiger partial charge in [0.25, 0.3) is 0 Å². The zero-order chi connectivity index (χ0) is 22.0. The lowest BCUT2D eigenvalue weighted by molar-refractivity contribution is -0.883. The molecule has 2 atom stereocenters. The van der Waals surface area contributed by atoms with Gasteiger partial charge in [-0.25, -0.2) is 0 Å². The van der Waals surface area contributed by atoms with Crippen LogP contribution in [0.3, 0.4) is 0 Å². The minimum Gasteiger partial charge on any atom is -0.320 e. The first-order valence-electron chi connectivity index (χ1n) is 12.2. The molecule has 0 bridgehead atoms. The predicted molar refractivity (Wildman–Crippen MR) is 127 cm³/mol. The third-order valence-corrected chi connectivity index (χ3v) is 7.74. The summed E-state index contributed by atoms with van der Waals surface area (Å²) in [6, 6.07) is 0. The summed E-state index contributed by atoms with van der Waals surface area (Å²) in [6.07, 6.45) is 22.5. The molecular formula is C24H51NO3P+. The average molecular weight is 433 g/mol. The van der Waals surface area contributed by atoms with E-state index in [1.807, 2.05) is 21.1 Å². The lowest BCUT2D eigenvalue weighted by Crippen LogP contribution is -2.45. The van der Waals surface area contributed by atoms with Crippen LogP contribution in [0.2, 0.25) is 0 Å². The fraction of sp³-hybridized carbons (Fsp3) is 0.917. The summed E-state index contributed by atoms with van der Waals surface area (Å²) in [5, 5.41) is 0. The molecule has 5 heteroatoms. The van der Waals surface area contributed by atoms with E-state index >= 15 is 0 Å². The second-order valence-corrected chi connectivity index (χ2v) is 11.3. The Morgan fingerprint density at radius 1 is 0.793 bits per heavy atom. The average Bonchev–Trinajstić information content (AvgIpc) is 2.64. The Kier molecular flexibility index (Phi) is 17.4. The standard InChI is InChI=1S/C24H50NO3P/c1-6-8-9-10-11-12-13-14-15-16-17-18-19-20-21-23-28-29(26,27)24(22-7-2)25(3,4)5/h9-10,24H,6-8,11-23H2,1-5H3/p+1. The molecule has 0 heterocycles. The van der Waals surface area contributed by atoms with Crippen LogP contribution in [0.15, 0.2) is 12.2 Å². The van der Waals surface area contributed by atoms with Crippen LogP contribution in [-0.4, -0.2) is 42.9 Å². The molecule has 174 valence electrons. The quantitative estimate of drug-likeness (QED) is 0.0929. The molecule has 0 aliphatic heterocycles. The molecule has 0 radical (unpaired) electrons. The van der Waals surface area contributed by atoms with Gasteiger partial charge in [-0.2, -0.15) is 0 Å². The number of rotatable bonds is 20. The van der Waals surface area contributed by atoms with Crippen molar-refractivity contribution >= 4 is 7.60 Å². The largest absolute Gasteiger partial charge is 0.385 e. The number of nitrogens with zero attached hydrogens (tertiary/aromatic N) is 1. The monoisotopic (exact) mass is 432 g/mol. The van der Waals surface area contributed by atoms with Gasteiger partial charge in [-0.05, 0) is 32.1 Å². The highest BCUT2D eigenvalue weighted by atomic mass is 31.2. The van der Waals surface area contributed by atoms with Crippen LogP contribution in [0, 0.1) is 0 Å². The van der Waals surface area contributed by atoms with Crippen molar-refractivity contribution in [2.45, 2.75) is 116 Å². The zero-order valence-electron chi connectivity index (χ0n) is 20.2. The Hall–Kier alpha value is -0.150. The van der Waals surface area contributed by atoms with Crippen LogP contribution in [0.5, 0.6) is 0 Å². The highest BCUT2D eigenvalue weighted by molar-refractivity contribution is 7.53. The fourth-order valence-electron chi connectivity index (χ4n) is 3.71. The molecule has 0 spiro atoms.